The standard InChI is InChI=1S/C12H22N4O/c1-3-12(2)5-8-16(9-6-12)11-15-14-10(17-11)4-7-13/h3-9,13H2,1-2H3. The monoisotopic (exact) mass is 238 g/mol. The van der Waals surface area contributed by atoms with Gasteiger partial charge in [-0.05, 0) is 18.3 Å². The van der Waals surface area contributed by atoms with Gasteiger partial charge >= 0.3 is 6.01 Å². The molecule has 1 aliphatic rings. The smallest absolute Gasteiger partial charge is 0.318 e. The van der Waals surface area contributed by atoms with Crippen LogP contribution in [0, 0.1) is 5.41 Å². The van der Waals surface area contributed by atoms with Crippen molar-refractivity contribution >= 4 is 6.01 Å². The molecule has 0 aromatic carbocycles. The maximum Gasteiger partial charge on any atom is 0.318 e. The molecule has 0 aliphatic carbocycles. The molecule has 1 saturated heterocycles. The first-order valence-corrected chi connectivity index (χ1v) is 6.44. The van der Waals surface area contributed by atoms with Crippen LogP contribution in [0.4, 0.5) is 6.01 Å². The molecule has 0 atom stereocenters. The number of piperidine rings is 1. The number of hydrogen-bond donors (Lipinski definition) is 1. The van der Waals surface area contributed by atoms with E-state index >= 15 is 0 Å². The minimum Gasteiger partial charge on any atom is -0.408 e. The summed E-state index contributed by atoms with van der Waals surface area (Å²) in [5.41, 5.74) is 5.94. The molecule has 2 rings (SSSR count). The SMILES string of the molecule is CCC1(C)CCN(c2nnc(CCN)o2)CC1. The van der Waals surface area contributed by atoms with Crippen molar-refractivity contribution in [1.29, 1.82) is 0 Å². The normalized spacial score (nSPS) is 19.6. The van der Waals surface area contributed by atoms with Crippen LogP contribution >= 0.6 is 0 Å². The van der Waals surface area contributed by atoms with Crippen molar-refractivity contribution in [2.75, 3.05) is 24.5 Å². The molecule has 2 heterocycles. The average Bonchev–Trinajstić information content (AvgIpc) is 2.79. The van der Waals surface area contributed by atoms with Gasteiger partial charge in [0.25, 0.3) is 0 Å². The third-order valence-corrected chi connectivity index (χ3v) is 3.91. The number of anilines is 1. The summed E-state index contributed by atoms with van der Waals surface area (Å²) in [6.45, 7) is 7.19. The highest BCUT2D eigenvalue weighted by molar-refractivity contribution is 5.25. The molecule has 2 N–H and O–H groups in total. The third kappa shape index (κ3) is 2.77. The van der Waals surface area contributed by atoms with Crippen LogP contribution in [0.15, 0.2) is 4.42 Å². The van der Waals surface area contributed by atoms with E-state index in [0.29, 0.717) is 30.3 Å². The molecule has 5 heteroatoms. The highest BCUT2D eigenvalue weighted by Gasteiger charge is 2.30. The molecular formula is C12H22N4O. The van der Waals surface area contributed by atoms with Crippen molar-refractivity contribution in [3.63, 3.8) is 0 Å². The summed E-state index contributed by atoms with van der Waals surface area (Å²) in [6, 6.07) is 0.659. The maximum absolute atomic E-state index is 5.59. The van der Waals surface area contributed by atoms with Crippen molar-refractivity contribution in [1.82, 2.24) is 10.2 Å². The Morgan fingerprint density at radius 3 is 2.65 bits per heavy atom. The van der Waals surface area contributed by atoms with Crippen LogP contribution < -0.4 is 10.6 Å². The van der Waals surface area contributed by atoms with Gasteiger partial charge in [0.1, 0.15) is 0 Å². The largest absolute Gasteiger partial charge is 0.408 e. The molecule has 1 aliphatic heterocycles. The molecule has 0 saturated carbocycles. The Morgan fingerprint density at radius 1 is 1.35 bits per heavy atom. The minimum atomic E-state index is 0.483. The lowest BCUT2D eigenvalue weighted by atomic mass is 9.78. The van der Waals surface area contributed by atoms with Crippen LogP contribution in [-0.2, 0) is 6.42 Å². The van der Waals surface area contributed by atoms with Crippen molar-refractivity contribution in [2.24, 2.45) is 11.1 Å². The van der Waals surface area contributed by atoms with Crippen LogP contribution in [0.5, 0.6) is 0 Å². The number of hydrogen-bond acceptors (Lipinski definition) is 5. The lowest BCUT2D eigenvalue weighted by Gasteiger charge is -2.37. The zero-order valence-electron chi connectivity index (χ0n) is 10.8. The average molecular weight is 238 g/mol. The van der Waals surface area contributed by atoms with Crippen molar-refractivity contribution in [2.45, 2.75) is 39.5 Å². The second-order valence-corrected chi connectivity index (χ2v) is 5.17. The number of nitrogens with zero attached hydrogens (tertiary/aromatic N) is 3. The van der Waals surface area contributed by atoms with Gasteiger partial charge in [0.05, 0.1) is 0 Å². The molecule has 1 aromatic rings. The fourth-order valence-electron chi connectivity index (χ4n) is 2.19. The summed E-state index contributed by atoms with van der Waals surface area (Å²) < 4.78 is 5.59. The summed E-state index contributed by atoms with van der Waals surface area (Å²) in [4.78, 5) is 2.18. The molecule has 1 fully saturated rings. The van der Waals surface area contributed by atoms with E-state index in [-0.39, 0.29) is 0 Å². The molecular weight excluding hydrogens is 216 g/mol. The molecule has 1 aromatic heterocycles. The van der Waals surface area contributed by atoms with Crippen molar-refractivity contribution in [3.8, 4) is 0 Å². The first kappa shape index (κ1) is 12.4. The van der Waals surface area contributed by atoms with Crippen LogP contribution in [0.2, 0.25) is 0 Å². The first-order chi connectivity index (χ1) is 8.17. The summed E-state index contributed by atoms with van der Waals surface area (Å²) >= 11 is 0. The van der Waals surface area contributed by atoms with E-state index in [1.165, 1.54) is 19.3 Å². The van der Waals surface area contributed by atoms with E-state index in [0.717, 1.165) is 13.1 Å². The molecule has 0 bridgehead atoms. The second kappa shape index (κ2) is 5.04. The van der Waals surface area contributed by atoms with E-state index in [9.17, 15) is 0 Å². The zero-order valence-corrected chi connectivity index (χ0v) is 10.8. The van der Waals surface area contributed by atoms with E-state index in [1.54, 1.807) is 0 Å². The van der Waals surface area contributed by atoms with Gasteiger partial charge in [-0.25, -0.2) is 0 Å². The number of rotatable bonds is 4. The van der Waals surface area contributed by atoms with Gasteiger partial charge in [-0.3, -0.25) is 0 Å². The maximum atomic E-state index is 5.59. The molecule has 17 heavy (non-hydrogen) atoms. The molecule has 96 valence electrons. The van der Waals surface area contributed by atoms with Gasteiger partial charge < -0.3 is 15.1 Å². The van der Waals surface area contributed by atoms with Gasteiger partial charge in [0, 0.05) is 26.1 Å². The number of nitrogens with two attached hydrogens (primary N) is 1. The third-order valence-electron chi connectivity index (χ3n) is 3.91. The first-order valence-electron chi connectivity index (χ1n) is 6.44. The van der Waals surface area contributed by atoms with E-state index in [2.05, 4.69) is 28.9 Å². The van der Waals surface area contributed by atoms with Gasteiger partial charge in [-0.15, -0.1) is 5.10 Å². The van der Waals surface area contributed by atoms with E-state index < -0.39 is 0 Å². The predicted molar refractivity (Wildman–Crippen MR) is 66.9 cm³/mol. The van der Waals surface area contributed by atoms with Crippen LogP contribution in [0.3, 0.4) is 0 Å². The number of aromatic nitrogens is 2. The lowest BCUT2D eigenvalue weighted by molar-refractivity contribution is 0.233. The van der Waals surface area contributed by atoms with Crippen LogP contribution in [-0.4, -0.2) is 29.8 Å². The fourth-order valence-corrected chi connectivity index (χ4v) is 2.19. The Morgan fingerprint density at radius 2 is 2.06 bits per heavy atom. The molecule has 0 amide bonds. The van der Waals surface area contributed by atoms with Gasteiger partial charge in [0.2, 0.25) is 5.89 Å². The molecule has 0 radical (unpaired) electrons. The molecule has 0 spiro atoms. The molecule has 5 nitrogen and oxygen atoms in total. The Labute approximate surface area is 102 Å². The van der Waals surface area contributed by atoms with Gasteiger partial charge in [-0.1, -0.05) is 25.4 Å². The van der Waals surface area contributed by atoms with E-state index in [1.807, 2.05) is 0 Å². The summed E-state index contributed by atoms with van der Waals surface area (Å²) in [5.74, 6) is 0.645. The highest BCUT2D eigenvalue weighted by Crippen LogP contribution is 2.35. The Kier molecular flexibility index (Phi) is 3.66. The van der Waals surface area contributed by atoms with Gasteiger partial charge in [0.15, 0.2) is 0 Å². The summed E-state index contributed by atoms with van der Waals surface area (Å²) in [6.07, 6.45) is 4.28. The summed E-state index contributed by atoms with van der Waals surface area (Å²) in [5, 5.41) is 8.09. The van der Waals surface area contributed by atoms with Gasteiger partial charge in [-0.2, -0.15) is 0 Å². The van der Waals surface area contributed by atoms with Crippen LogP contribution in [0.1, 0.15) is 39.0 Å². The summed E-state index contributed by atoms with van der Waals surface area (Å²) in [7, 11) is 0. The topological polar surface area (TPSA) is 68.2 Å². The second-order valence-electron chi connectivity index (χ2n) is 5.17. The Hall–Kier alpha value is -1.10. The Bertz CT molecular complexity index is 355. The zero-order chi connectivity index (χ0) is 12.3. The Balaban J connectivity index is 1.95. The van der Waals surface area contributed by atoms with E-state index in [4.69, 9.17) is 10.2 Å². The molecule has 0 unspecified atom stereocenters. The highest BCUT2D eigenvalue weighted by atomic mass is 16.4. The van der Waals surface area contributed by atoms with Crippen molar-refractivity contribution in [3.05, 3.63) is 5.89 Å². The van der Waals surface area contributed by atoms with Crippen LogP contribution in [0.25, 0.3) is 0 Å². The quantitative estimate of drug-likeness (QED) is 0.862. The van der Waals surface area contributed by atoms with Crippen molar-refractivity contribution < 1.29 is 4.42 Å². The lowest BCUT2D eigenvalue weighted by Crippen LogP contribution is -2.38. The fraction of sp³-hybridized carbons (Fsp3) is 0.833. The minimum absolute atomic E-state index is 0.483. The predicted octanol–water partition coefficient (Wildman–Crippen LogP) is 1.59.